The van der Waals surface area contributed by atoms with Gasteiger partial charge in [0.2, 0.25) is 0 Å². The number of nitrogens with one attached hydrogen (secondary N) is 1. The van der Waals surface area contributed by atoms with Crippen molar-refractivity contribution in [3.05, 3.63) is 53.3 Å². The number of pyridine rings is 1. The van der Waals surface area contributed by atoms with Gasteiger partial charge in [0.15, 0.2) is 0 Å². The van der Waals surface area contributed by atoms with Gasteiger partial charge in [-0.1, -0.05) is 58.0 Å². The van der Waals surface area contributed by atoms with Gasteiger partial charge in [0.05, 0.1) is 37.1 Å². The molecular formula is C13H6Cl5NO3. The number of aromatic amines is 1. The van der Waals surface area contributed by atoms with Gasteiger partial charge in [0.25, 0.3) is 5.56 Å². The number of halogens is 5. The standard InChI is InChI=1S/C13H6Cl5NO3/c14-8-7(9(15)11(17)12(18)10(8)16)5-2-1-4(3-6(20)21)19-13(5)22/h1-2H,3H2,(H,19,22)(H,20,21). The van der Waals surface area contributed by atoms with Gasteiger partial charge in [0, 0.05) is 11.3 Å². The van der Waals surface area contributed by atoms with Crippen LogP contribution in [0.1, 0.15) is 5.69 Å². The maximum Gasteiger partial charge on any atom is 0.309 e. The van der Waals surface area contributed by atoms with Crippen LogP contribution in [0.15, 0.2) is 16.9 Å². The van der Waals surface area contributed by atoms with E-state index in [2.05, 4.69) is 4.98 Å². The van der Waals surface area contributed by atoms with Gasteiger partial charge < -0.3 is 10.1 Å². The molecule has 1 heterocycles. The first-order chi connectivity index (χ1) is 10.2. The van der Waals surface area contributed by atoms with Crippen molar-refractivity contribution < 1.29 is 9.90 Å². The quantitative estimate of drug-likeness (QED) is 0.566. The lowest BCUT2D eigenvalue weighted by Gasteiger charge is -2.12. The fraction of sp³-hybridized carbons (Fsp3) is 0.0769. The molecule has 0 amide bonds. The van der Waals surface area contributed by atoms with E-state index in [0.717, 1.165) is 0 Å². The maximum atomic E-state index is 12.1. The Balaban J connectivity index is 2.68. The van der Waals surface area contributed by atoms with E-state index in [1.54, 1.807) is 0 Å². The second kappa shape index (κ2) is 6.69. The summed E-state index contributed by atoms with van der Waals surface area (Å²) in [5.41, 5.74) is -0.105. The first kappa shape index (κ1) is 17.4. The average Bonchev–Trinajstić information content (AvgIpc) is 2.45. The number of carbonyl (C=O) groups is 1. The Labute approximate surface area is 149 Å². The van der Waals surface area contributed by atoms with Crippen molar-refractivity contribution in [1.82, 2.24) is 4.98 Å². The fourth-order valence-electron chi connectivity index (χ4n) is 1.82. The minimum Gasteiger partial charge on any atom is -0.481 e. The smallest absolute Gasteiger partial charge is 0.309 e. The Bertz CT molecular complexity index is 802. The molecule has 9 heteroatoms. The number of aliphatic carboxylic acids is 1. The van der Waals surface area contributed by atoms with E-state index in [4.69, 9.17) is 63.1 Å². The predicted octanol–water partition coefficient (Wildman–Crippen LogP) is 4.94. The third-order valence-electron chi connectivity index (χ3n) is 2.79. The molecule has 0 fully saturated rings. The molecule has 0 aliphatic heterocycles. The summed E-state index contributed by atoms with van der Waals surface area (Å²) >= 11 is 30.0. The van der Waals surface area contributed by atoms with Crippen molar-refractivity contribution in [2.45, 2.75) is 6.42 Å². The lowest BCUT2D eigenvalue weighted by atomic mass is 10.1. The van der Waals surface area contributed by atoms with Crippen molar-refractivity contribution in [1.29, 1.82) is 0 Å². The molecule has 2 rings (SSSR count). The Hall–Kier alpha value is -0.910. The predicted molar refractivity (Wildman–Crippen MR) is 88.9 cm³/mol. The molecule has 0 aliphatic carbocycles. The topological polar surface area (TPSA) is 70.2 Å². The molecule has 0 spiro atoms. The highest BCUT2D eigenvalue weighted by Gasteiger charge is 2.22. The molecule has 0 atom stereocenters. The van der Waals surface area contributed by atoms with Gasteiger partial charge in [-0.25, -0.2) is 0 Å². The highest BCUT2D eigenvalue weighted by molar-refractivity contribution is 6.56. The third-order valence-corrected chi connectivity index (χ3v) is 5.07. The summed E-state index contributed by atoms with van der Waals surface area (Å²) in [6.07, 6.45) is -0.320. The van der Waals surface area contributed by atoms with Crippen molar-refractivity contribution in [3.63, 3.8) is 0 Å². The van der Waals surface area contributed by atoms with E-state index in [-0.39, 0.29) is 48.4 Å². The van der Waals surface area contributed by atoms with Crippen LogP contribution in [0.5, 0.6) is 0 Å². The van der Waals surface area contributed by atoms with E-state index in [9.17, 15) is 9.59 Å². The first-order valence-electron chi connectivity index (χ1n) is 5.69. The van der Waals surface area contributed by atoms with Crippen molar-refractivity contribution >= 4 is 64.0 Å². The largest absolute Gasteiger partial charge is 0.481 e. The Morgan fingerprint density at radius 1 is 0.955 bits per heavy atom. The minimum atomic E-state index is -1.07. The van der Waals surface area contributed by atoms with Crippen LogP contribution in [0.4, 0.5) is 0 Å². The highest BCUT2D eigenvalue weighted by atomic mass is 35.5. The molecule has 2 aromatic rings. The summed E-state index contributed by atoms with van der Waals surface area (Å²) in [6.45, 7) is 0. The van der Waals surface area contributed by atoms with Crippen LogP contribution in [0.25, 0.3) is 11.1 Å². The van der Waals surface area contributed by atoms with Crippen LogP contribution in [0.3, 0.4) is 0 Å². The van der Waals surface area contributed by atoms with Gasteiger partial charge in [-0.3, -0.25) is 9.59 Å². The molecule has 0 radical (unpaired) electrons. The minimum absolute atomic E-state index is 0.0130. The van der Waals surface area contributed by atoms with Crippen LogP contribution >= 0.6 is 58.0 Å². The summed E-state index contributed by atoms with van der Waals surface area (Å²) in [5.74, 6) is -1.07. The number of hydrogen-bond acceptors (Lipinski definition) is 2. The van der Waals surface area contributed by atoms with E-state index >= 15 is 0 Å². The first-order valence-corrected chi connectivity index (χ1v) is 7.58. The van der Waals surface area contributed by atoms with Crippen LogP contribution < -0.4 is 5.56 Å². The molecule has 0 saturated carbocycles. The van der Waals surface area contributed by atoms with E-state index in [1.165, 1.54) is 12.1 Å². The van der Waals surface area contributed by atoms with Crippen molar-refractivity contribution in [3.8, 4) is 11.1 Å². The SMILES string of the molecule is O=C(O)Cc1ccc(-c2c(Cl)c(Cl)c(Cl)c(Cl)c2Cl)c(=O)[nH]1. The fourth-order valence-corrected chi connectivity index (χ4v) is 3.16. The molecule has 1 aromatic heterocycles. The van der Waals surface area contributed by atoms with Gasteiger partial charge in [-0.05, 0) is 12.1 Å². The summed E-state index contributed by atoms with van der Waals surface area (Å²) in [4.78, 5) is 25.2. The lowest BCUT2D eigenvalue weighted by molar-refractivity contribution is -0.136. The molecule has 0 bridgehead atoms. The van der Waals surface area contributed by atoms with Crippen LogP contribution in [0.2, 0.25) is 25.1 Å². The number of carboxylic acid groups (broad SMARTS) is 1. The average molecular weight is 401 g/mol. The zero-order chi connectivity index (χ0) is 16.6. The Morgan fingerprint density at radius 2 is 1.45 bits per heavy atom. The molecule has 4 nitrogen and oxygen atoms in total. The van der Waals surface area contributed by atoms with Crippen LogP contribution in [-0.2, 0) is 11.2 Å². The van der Waals surface area contributed by atoms with Crippen LogP contribution in [-0.4, -0.2) is 16.1 Å². The number of aromatic nitrogens is 1. The Morgan fingerprint density at radius 3 is 1.91 bits per heavy atom. The molecule has 116 valence electrons. The number of carboxylic acids is 1. The molecular weight excluding hydrogens is 395 g/mol. The molecule has 22 heavy (non-hydrogen) atoms. The Kier molecular flexibility index (Phi) is 5.30. The second-order valence-corrected chi connectivity index (χ2v) is 6.13. The monoisotopic (exact) mass is 399 g/mol. The molecule has 0 saturated heterocycles. The maximum absolute atomic E-state index is 12.1. The highest BCUT2D eigenvalue weighted by Crippen LogP contribution is 2.47. The van der Waals surface area contributed by atoms with Gasteiger partial charge >= 0.3 is 5.97 Å². The third kappa shape index (κ3) is 3.21. The zero-order valence-electron chi connectivity index (χ0n) is 10.5. The number of rotatable bonds is 3. The molecule has 2 N–H and O–H groups in total. The summed E-state index contributed by atoms with van der Waals surface area (Å²) in [6, 6.07) is 2.83. The lowest BCUT2D eigenvalue weighted by Crippen LogP contribution is -2.14. The van der Waals surface area contributed by atoms with Crippen LogP contribution in [0, 0.1) is 0 Å². The molecule has 1 aromatic carbocycles. The van der Waals surface area contributed by atoms with E-state index in [0.29, 0.717) is 0 Å². The molecule has 0 aliphatic rings. The van der Waals surface area contributed by atoms with Crippen molar-refractivity contribution in [2.24, 2.45) is 0 Å². The summed E-state index contributed by atoms with van der Waals surface area (Å²) in [5, 5.41) is 8.62. The normalized spacial score (nSPS) is 10.8. The number of H-pyrrole nitrogens is 1. The van der Waals surface area contributed by atoms with Gasteiger partial charge in [-0.2, -0.15) is 0 Å². The summed E-state index contributed by atoms with van der Waals surface area (Å²) < 4.78 is 0. The second-order valence-electron chi connectivity index (χ2n) is 4.24. The van der Waals surface area contributed by atoms with E-state index in [1.807, 2.05) is 0 Å². The number of hydrogen-bond donors (Lipinski definition) is 2. The van der Waals surface area contributed by atoms with Gasteiger partial charge in [-0.15, -0.1) is 0 Å². The van der Waals surface area contributed by atoms with Gasteiger partial charge in [0.1, 0.15) is 0 Å². The van der Waals surface area contributed by atoms with E-state index < -0.39 is 11.5 Å². The van der Waals surface area contributed by atoms with Crippen molar-refractivity contribution in [2.75, 3.05) is 0 Å². The molecule has 0 unspecified atom stereocenters. The summed E-state index contributed by atoms with van der Waals surface area (Å²) in [7, 11) is 0. The zero-order valence-corrected chi connectivity index (χ0v) is 14.3. The number of benzene rings is 1.